The number of amides is 3. The van der Waals surface area contributed by atoms with E-state index in [1.165, 1.54) is 18.7 Å². The van der Waals surface area contributed by atoms with Gasteiger partial charge in [0.15, 0.2) is 0 Å². The number of nitrogens with zero attached hydrogens (tertiary/aromatic N) is 3. The van der Waals surface area contributed by atoms with Crippen molar-refractivity contribution in [3.05, 3.63) is 59.2 Å². The Morgan fingerprint density at radius 1 is 1.09 bits per heavy atom. The summed E-state index contributed by atoms with van der Waals surface area (Å²) in [5.41, 5.74) is 1.94. The lowest BCUT2D eigenvalue weighted by Crippen LogP contribution is -2.49. The lowest BCUT2D eigenvalue weighted by molar-refractivity contribution is -0.124. The van der Waals surface area contributed by atoms with Crippen molar-refractivity contribution >= 4 is 17.7 Å². The van der Waals surface area contributed by atoms with Gasteiger partial charge in [0.25, 0.3) is 11.8 Å². The number of hydrogen-bond acceptors (Lipinski definition) is 5. The van der Waals surface area contributed by atoms with Gasteiger partial charge in [0.05, 0.1) is 11.6 Å². The molecule has 2 aliphatic rings. The molecule has 8 heteroatoms. The Morgan fingerprint density at radius 2 is 1.73 bits per heavy atom. The van der Waals surface area contributed by atoms with Gasteiger partial charge in [-0.3, -0.25) is 14.4 Å². The summed E-state index contributed by atoms with van der Waals surface area (Å²) in [4.78, 5) is 48.2. The van der Waals surface area contributed by atoms with Crippen LogP contribution in [0.2, 0.25) is 0 Å². The molecule has 1 aliphatic heterocycles. The first-order valence-electron chi connectivity index (χ1n) is 11.5. The molecule has 4 rings (SSSR count). The van der Waals surface area contributed by atoms with E-state index >= 15 is 0 Å². The van der Waals surface area contributed by atoms with Gasteiger partial charge < -0.3 is 15.5 Å². The lowest BCUT2D eigenvalue weighted by atomic mass is 9.99. The molecule has 2 heterocycles. The Hall–Kier alpha value is -3.29. The van der Waals surface area contributed by atoms with Gasteiger partial charge >= 0.3 is 0 Å². The van der Waals surface area contributed by atoms with Crippen LogP contribution in [0.15, 0.2) is 36.9 Å². The second kappa shape index (κ2) is 8.92. The molecule has 0 bridgehead atoms. The molecule has 3 atom stereocenters. The Morgan fingerprint density at radius 3 is 2.30 bits per heavy atom. The van der Waals surface area contributed by atoms with Gasteiger partial charge in [0, 0.05) is 30.0 Å². The number of aryl methyl sites for hydroxylation is 1. The molecule has 3 amide bonds. The quantitative estimate of drug-likeness (QED) is 0.706. The molecule has 3 unspecified atom stereocenters. The number of nitrogens with one attached hydrogen (secondary N) is 2. The summed E-state index contributed by atoms with van der Waals surface area (Å²) in [5.74, 6) is -0.504. The van der Waals surface area contributed by atoms with Crippen LogP contribution in [0, 0.1) is 6.92 Å². The largest absolute Gasteiger partial charge is 0.348 e. The van der Waals surface area contributed by atoms with Crippen LogP contribution >= 0.6 is 0 Å². The summed E-state index contributed by atoms with van der Waals surface area (Å²) in [6.45, 7) is 8.03. The van der Waals surface area contributed by atoms with Crippen LogP contribution < -0.4 is 10.6 Å². The minimum absolute atomic E-state index is 0.0674. The predicted molar refractivity (Wildman–Crippen MR) is 124 cm³/mol. The van der Waals surface area contributed by atoms with Crippen molar-refractivity contribution in [2.45, 2.75) is 77.0 Å². The van der Waals surface area contributed by atoms with E-state index in [1.807, 2.05) is 36.9 Å². The molecular weight excluding hydrogens is 418 g/mol. The number of rotatable bonds is 6. The van der Waals surface area contributed by atoms with Crippen LogP contribution in [0.1, 0.15) is 84.3 Å². The van der Waals surface area contributed by atoms with Crippen molar-refractivity contribution in [3.8, 4) is 0 Å². The smallest absolute Gasteiger partial charge is 0.255 e. The molecule has 0 radical (unpaired) electrons. The number of hydrogen-bond donors (Lipinski definition) is 2. The van der Waals surface area contributed by atoms with Gasteiger partial charge in [-0.25, -0.2) is 9.97 Å². The van der Waals surface area contributed by atoms with Crippen molar-refractivity contribution in [1.82, 2.24) is 25.5 Å². The fourth-order valence-electron chi connectivity index (χ4n) is 4.59. The van der Waals surface area contributed by atoms with Crippen LogP contribution in [0.25, 0.3) is 0 Å². The van der Waals surface area contributed by atoms with Gasteiger partial charge in [-0.15, -0.1) is 0 Å². The molecule has 2 aromatic rings. The fraction of sp³-hybridized carbons (Fsp3) is 0.480. The first-order valence-corrected chi connectivity index (χ1v) is 11.5. The Labute approximate surface area is 194 Å². The number of aromatic nitrogens is 2. The van der Waals surface area contributed by atoms with E-state index in [0.29, 0.717) is 24.0 Å². The first kappa shape index (κ1) is 22.9. The third-order valence-electron chi connectivity index (χ3n) is 6.88. The van der Waals surface area contributed by atoms with Crippen molar-refractivity contribution in [2.75, 3.05) is 0 Å². The van der Waals surface area contributed by atoms with E-state index < -0.39 is 5.54 Å². The zero-order chi connectivity index (χ0) is 23.8. The molecule has 33 heavy (non-hydrogen) atoms. The normalized spacial score (nSPS) is 21.9. The number of carbonyl (C=O) groups excluding carboxylic acids is 3. The first-order chi connectivity index (χ1) is 15.7. The second-order valence-corrected chi connectivity index (χ2v) is 9.42. The van der Waals surface area contributed by atoms with Crippen LogP contribution in [0.5, 0.6) is 0 Å². The van der Waals surface area contributed by atoms with Gasteiger partial charge in [-0.2, -0.15) is 0 Å². The molecule has 1 aromatic carbocycles. The Balaban J connectivity index is 1.41. The molecule has 1 aliphatic carbocycles. The average Bonchev–Trinajstić information content (AvgIpc) is 3.51. The van der Waals surface area contributed by atoms with Gasteiger partial charge in [0.1, 0.15) is 11.9 Å². The monoisotopic (exact) mass is 449 g/mol. The molecule has 0 spiro atoms. The molecule has 174 valence electrons. The predicted octanol–water partition coefficient (Wildman–Crippen LogP) is 2.94. The van der Waals surface area contributed by atoms with Gasteiger partial charge in [-0.05, 0) is 70.6 Å². The zero-order valence-electron chi connectivity index (χ0n) is 19.6. The van der Waals surface area contributed by atoms with E-state index in [9.17, 15) is 14.4 Å². The summed E-state index contributed by atoms with van der Waals surface area (Å²) < 4.78 is 0. The summed E-state index contributed by atoms with van der Waals surface area (Å²) in [6, 6.07) is 5.95. The maximum atomic E-state index is 13.1. The minimum Gasteiger partial charge on any atom is -0.348 e. The minimum atomic E-state index is -0.895. The summed E-state index contributed by atoms with van der Waals surface area (Å²) in [6.07, 6.45) is 7.44. The molecule has 2 fully saturated rings. The van der Waals surface area contributed by atoms with Crippen molar-refractivity contribution in [2.24, 2.45) is 0 Å². The Kier molecular flexibility index (Phi) is 6.19. The summed E-state index contributed by atoms with van der Waals surface area (Å²) in [5, 5.41) is 5.85. The standard InChI is InChI=1S/C25H31N5O3/c1-15-11-19(7-8-21(15)23(32)30-16(2)5-6-17(30)3)18(4)28-24(33)25(9-10-25)29-22(31)20-12-26-14-27-13-20/h7-8,11-14,16-18H,5-6,9-10H2,1-4H3,(H,28,33)(H,29,31). The molecular formula is C25H31N5O3. The summed E-state index contributed by atoms with van der Waals surface area (Å²) in [7, 11) is 0. The van der Waals surface area contributed by atoms with Crippen LogP contribution in [0.4, 0.5) is 0 Å². The van der Waals surface area contributed by atoms with E-state index in [4.69, 9.17) is 0 Å². The van der Waals surface area contributed by atoms with E-state index in [2.05, 4.69) is 34.4 Å². The highest BCUT2D eigenvalue weighted by molar-refractivity contribution is 6.00. The van der Waals surface area contributed by atoms with Crippen LogP contribution in [0.3, 0.4) is 0 Å². The highest BCUT2D eigenvalue weighted by atomic mass is 16.2. The van der Waals surface area contributed by atoms with Crippen LogP contribution in [-0.2, 0) is 4.79 Å². The number of carbonyl (C=O) groups is 3. The lowest BCUT2D eigenvalue weighted by Gasteiger charge is -2.27. The fourth-order valence-corrected chi connectivity index (χ4v) is 4.59. The highest BCUT2D eigenvalue weighted by Gasteiger charge is 2.51. The maximum absolute atomic E-state index is 13.1. The van der Waals surface area contributed by atoms with Crippen molar-refractivity contribution in [3.63, 3.8) is 0 Å². The van der Waals surface area contributed by atoms with E-state index in [1.54, 1.807) is 0 Å². The highest BCUT2D eigenvalue weighted by Crippen LogP contribution is 2.36. The SMILES string of the molecule is Cc1cc(C(C)NC(=O)C2(NC(=O)c3cncnc3)CC2)ccc1C(=O)N1C(C)CCC1C. The number of benzene rings is 1. The van der Waals surface area contributed by atoms with Crippen molar-refractivity contribution < 1.29 is 14.4 Å². The molecule has 8 nitrogen and oxygen atoms in total. The molecule has 2 N–H and O–H groups in total. The third kappa shape index (κ3) is 4.60. The summed E-state index contributed by atoms with van der Waals surface area (Å²) >= 11 is 0. The molecule has 1 aromatic heterocycles. The average molecular weight is 450 g/mol. The van der Waals surface area contributed by atoms with Gasteiger partial charge in [-0.1, -0.05) is 12.1 Å². The molecule has 1 saturated carbocycles. The van der Waals surface area contributed by atoms with E-state index in [-0.39, 0.29) is 35.8 Å². The second-order valence-electron chi connectivity index (χ2n) is 9.42. The van der Waals surface area contributed by atoms with Crippen molar-refractivity contribution in [1.29, 1.82) is 0 Å². The number of likely N-dealkylation sites (tertiary alicyclic amines) is 1. The third-order valence-corrected chi connectivity index (χ3v) is 6.88. The Bertz CT molecular complexity index is 1060. The van der Waals surface area contributed by atoms with Crippen LogP contribution in [-0.4, -0.2) is 50.2 Å². The van der Waals surface area contributed by atoms with E-state index in [0.717, 1.165) is 24.0 Å². The maximum Gasteiger partial charge on any atom is 0.255 e. The topological polar surface area (TPSA) is 104 Å². The molecule has 1 saturated heterocycles. The zero-order valence-corrected chi connectivity index (χ0v) is 19.6. The van der Waals surface area contributed by atoms with Gasteiger partial charge in [0.2, 0.25) is 5.91 Å².